The van der Waals surface area contributed by atoms with Gasteiger partial charge in [-0.3, -0.25) is 9.69 Å². The van der Waals surface area contributed by atoms with E-state index in [0.717, 1.165) is 55.3 Å². The number of sulfone groups is 1. The van der Waals surface area contributed by atoms with Crippen molar-refractivity contribution in [2.75, 3.05) is 24.3 Å². The smallest absolute Gasteiger partial charge is 0.231 e. The number of rotatable bonds is 5. The first-order chi connectivity index (χ1) is 13.4. The lowest BCUT2D eigenvalue weighted by Crippen LogP contribution is -2.41. The van der Waals surface area contributed by atoms with E-state index >= 15 is 0 Å². The minimum Gasteiger partial charge on any atom is -0.376 e. The molecule has 8 heteroatoms. The number of aromatic nitrogens is 1. The number of hydrogen-bond acceptors (Lipinski definition) is 6. The van der Waals surface area contributed by atoms with Crippen molar-refractivity contribution in [2.24, 2.45) is 5.92 Å². The maximum absolute atomic E-state index is 13.3. The highest BCUT2D eigenvalue weighted by atomic mass is 32.2. The molecule has 0 spiro atoms. The summed E-state index contributed by atoms with van der Waals surface area (Å²) < 4.78 is 30.3. The molecule has 28 heavy (non-hydrogen) atoms. The molecule has 1 saturated heterocycles. The summed E-state index contributed by atoms with van der Waals surface area (Å²) in [5.74, 6) is 0.186. The Bertz CT molecular complexity index is 958. The number of carbonyl (C=O) groups excluding carboxylic acids is 1. The molecule has 152 valence electrons. The highest BCUT2D eigenvalue weighted by Crippen LogP contribution is 2.34. The molecule has 2 fully saturated rings. The van der Waals surface area contributed by atoms with Crippen molar-refractivity contribution in [3.63, 3.8) is 0 Å². The Kier molecular flexibility index (Phi) is 5.71. The van der Waals surface area contributed by atoms with Crippen molar-refractivity contribution in [1.29, 1.82) is 0 Å². The van der Waals surface area contributed by atoms with E-state index in [-0.39, 0.29) is 22.8 Å². The Morgan fingerprint density at radius 1 is 1.21 bits per heavy atom. The van der Waals surface area contributed by atoms with E-state index < -0.39 is 9.84 Å². The van der Waals surface area contributed by atoms with Gasteiger partial charge in [-0.15, -0.1) is 0 Å². The lowest BCUT2D eigenvalue weighted by atomic mass is 9.88. The quantitative estimate of drug-likeness (QED) is 0.733. The van der Waals surface area contributed by atoms with E-state index in [9.17, 15) is 13.2 Å². The number of carbonyl (C=O) groups is 1. The molecule has 4 rings (SSSR count). The molecular weight excluding hydrogens is 396 g/mol. The summed E-state index contributed by atoms with van der Waals surface area (Å²) in [6, 6.07) is 4.96. The molecule has 1 aliphatic carbocycles. The van der Waals surface area contributed by atoms with Crippen molar-refractivity contribution < 1.29 is 17.9 Å². The standard InChI is InChI=1S/C20H26N2O4S2/c1-28(24,25)16-9-10-17-18(12-16)27-20(21-17)22(13-15-8-5-11-26-15)19(23)14-6-3-2-4-7-14/h9-10,12,14-15H,2-8,11,13H2,1H3. The number of benzene rings is 1. The second-order valence-corrected chi connectivity index (χ2v) is 10.8. The third-order valence-corrected chi connectivity index (χ3v) is 7.79. The van der Waals surface area contributed by atoms with E-state index in [1.54, 1.807) is 23.1 Å². The molecule has 0 N–H and O–H groups in total. The minimum absolute atomic E-state index is 0.0473. The molecule has 0 radical (unpaired) electrons. The van der Waals surface area contributed by atoms with Gasteiger partial charge in [0.25, 0.3) is 0 Å². The first-order valence-electron chi connectivity index (χ1n) is 9.95. The first kappa shape index (κ1) is 19.8. The van der Waals surface area contributed by atoms with E-state index in [1.807, 2.05) is 0 Å². The number of fused-ring (bicyclic) bond motifs is 1. The van der Waals surface area contributed by atoms with E-state index in [2.05, 4.69) is 4.98 Å². The van der Waals surface area contributed by atoms with Crippen LogP contribution in [0.2, 0.25) is 0 Å². The fourth-order valence-corrected chi connectivity index (χ4v) is 5.80. The van der Waals surface area contributed by atoms with Crippen molar-refractivity contribution >= 4 is 42.4 Å². The van der Waals surface area contributed by atoms with E-state index in [0.29, 0.717) is 11.7 Å². The molecule has 1 aromatic heterocycles. The summed E-state index contributed by atoms with van der Waals surface area (Å²) in [7, 11) is -3.28. The molecule has 2 heterocycles. The van der Waals surface area contributed by atoms with Crippen LogP contribution in [0.15, 0.2) is 23.1 Å². The van der Waals surface area contributed by atoms with Gasteiger partial charge in [0.05, 0.1) is 27.8 Å². The molecule has 1 aromatic carbocycles. The third kappa shape index (κ3) is 4.23. The summed E-state index contributed by atoms with van der Waals surface area (Å²) in [6.07, 6.45) is 8.49. The summed E-state index contributed by atoms with van der Waals surface area (Å²) in [5.41, 5.74) is 0.723. The van der Waals surface area contributed by atoms with Crippen LogP contribution in [-0.4, -0.2) is 44.8 Å². The summed E-state index contributed by atoms with van der Waals surface area (Å²) in [6.45, 7) is 1.27. The number of ether oxygens (including phenoxy) is 1. The second kappa shape index (κ2) is 8.08. The van der Waals surface area contributed by atoms with Crippen LogP contribution in [0.3, 0.4) is 0 Å². The van der Waals surface area contributed by atoms with Gasteiger partial charge in [-0.1, -0.05) is 30.6 Å². The zero-order chi connectivity index (χ0) is 19.7. The summed E-state index contributed by atoms with van der Waals surface area (Å²) in [5, 5.41) is 0.645. The molecular formula is C20H26N2O4S2. The van der Waals surface area contributed by atoms with Gasteiger partial charge in [-0.05, 0) is 43.9 Å². The Morgan fingerprint density at radius 2 is 2.00 bits per heavy atom. The number of nitrogens with zero attached hydrogens (tertiary/aromatic N) is 2. The lowest BCUT2D eigenvalue weighted by molar-refractivity contribution is -0.123. The molecule has 1 saturated carbocycles. The molecule has 6 nitrogen and oxygen atoms in total. The zero-order valence-corrected chi connectivity index (χ0v) is 17.7. The van der Waals surface area contributed by atoms with Crippen molar-refractivity contribution in [2.45, 2.75) is 55.9 Å². The summed E-state index contributed by atoms with van der Waals surface area (Å²) >= 11 is 1.39. The topological polar surface area (TPSA) is 76.6 Å². The Morgan fingerprint density at radius 3 is 2.68 bits per heavy atom. The molecule has 1 aliphatic heterocycles. The maximum atomic E-state index is 13.3. The average Bonchev–Trinajstić information content (AvgIpc) is 3.34. The Hall–Kier alpha value is -1.51. The van der Waals surface area contributed by atoms with Crippen LogP contribution in [0.25, 0.3) is 10.2 Å². The van der Waals surface area contributed by atoms with Gasteiger partial charge in [-0.2, -0.15) is 0 Å². The molecule has 2 aliphatic rings. The van der Waals surface area contributed by atoms with Crippen molar-refractivity contribution in [1.82, 2.24) is 4.98 Å². The van der Waals surface area contributed by atoms with Gasteiger partial charge >= 0.3 is 0 Å². The van der Waals surface area contributed by atoms with Gasteiger partial charge in [0.15, 0.2) is 15.0 Å². The third-order valence-electron chi connectivity index (χ3n) is 5.64. The predicted octanol–water partition coefficient (Wildman–Crippen LogP) is 3.79. The van der Waals surface area contributed by atoms with Crippen LogP contribution < -0.4 is 4.90 Å². The molecule has 2 aromatic rings. The van der Waals surface area contributed by atoms with Crippen molar-refractivity contribution in [3.05, 3.63) is 18.2 Å². The molecule has 1 amide bonds. The Balaban J connectivity index is 1.67. The van der Waals surface area contributed by atoms with Crippen LogP contribution in [0.1, 0.15) is 44.9 Å². The zero-order valence-electron chi connectivity index (χ0n) is 16.1. The molecule has 1 atom stereocenters. The lowest BCUT2D eigenvalue weighted by Gasteiger charge is -2.29. The Labute approximate surface area is 169 Å². The normalized spacial score (nSPS) is 21.2. The number of anilines is 1. The van der Waals surface area contributed by atoms with Crippen LogP contribution in [0.5, 0.6) is 0 Å². The summed E-state index contributed by atoms with van der Waals surface area (Å²) in [4.78, 5) is 20.1. The van der Waals surface area contributed by atoms with E-state index in [1.165, 1.54) is 24.0 Å². The fraction of sp³-hybridized carbons (Fsp3) is 0.600. The van der Waals surface area contributed by atoms with Gasteiger partial charge < -0.3 is 4.74 Å². The van der Waals surface area contributed by atoms with Crippen LogP contribution in [0, 0.1) is 5.92 Å². The molecule has 0 bridgehead atoms. The average molecular weight is 423 g/mol. The van der Waals surface area contributed by atoms with Gasteiger partial charge in [-0.25, -0.2) is 13.4 Å². The highest BCUT2D eigenvalue weighted by Gasteiger charge is 2.31. The predicted molar refractivity (Wildman–Crippen MR) is 111 cm³/mol. The van der Waals surface area contributed by atoms with Gasteiger partial charge in [0.1, 0.15) is 0 Å². The number of amides is 1. The molecule has 1 unspecified atom stereocenters. The minimum atomic E-state index is -3.28. The monoisotopic (exact) mass is 422 g/mol. The highest BCUT2D eigenvalue weighted by molar-refractivity contribution is 7.90. The first-order valence-corrected chi connectivity index (χ1v) is 12.7. The number of hydrogen-bond donors (Lipinski definition) is 0. The maximum Gasteiger partial charge on any atom is 0.231 e. The largest absolute Gasteiger partial charge is 0.376 e. The van der Waals surface area contributed by atoms with E-state index in [4.69, 9.17) is 4.74 Å². The number of thiazole rings is 1. The van der Waals surface area contributed by atoms with Crippen LogP contribution in [0.4, 0.5) is 5.13 Å². The van der Waals surface area contributed by atoms with Gasteiger partial charge in [0, 0.05) is 18.8 Å². The fourth-order valence-electron chi connectivity index (χ4n) is 4.06. The van der Waals surface area contributed by atoms with Crippen LogP contribution in [-0.2, 0) is 19.4 Å². The van der Waals surface area contributed by atoms with Crippen LogP contribution >= 0.6 is 11.3 Å². The second-order valence-electron chi connectivity index (χ2n) is 7.82. The SMILES string of the molecule is CS(=O)(=O)c1ccc2nc(N(CC3CCCO3)C(=O)C3CCCCC3)sc2c1. The van der Waals surface area contributed by atoms with Gasteiger partial charge in [0.2, 0.25) is 5.91 Å². The van der Waals surface area contributed by atoms with Crippen molar-refractivity contribution in [3.8, 4) is 0 Å².